The summed E-state index contributed by atoms with van der Waals surface area (Å²) < 4.78 is 34.1. The van der Waals surface area contributed by atoms with E-state index < -0.39 is 6.55 Å². The number of benzene rings is 1. The Morgan fingerprint density at radius 1 is 1.19 bits per heavy atom. The number of rotatable bonds is 9. The van der Waals surface area contributed by atoms with Gasteiger partial charge in [-0.2, -0.15) is 8.78 Å². The van der Waals surface area contributed by atoms with Gasteiger partial charge in [-0.3, -0.25) is 4.57 Å². The molecule has 0 fully saturated rings. The average Bonchev–Trinajstić information content (AvgIpc) is 3.31. The number of thioether (sulfide) groups is 1. The van der Waals surface area contributed by atoms with Gasteiger partial charge in [0, 0.05) is 24.5 Å². The summed E-state index contributed by atoms with van der Waals surface area (Å²) >= 11 is 1.36. The van der Waals surface area contributed by atoms with E-state index in [0.717, 1.165) is 41.1 Å². The van der Waals surface area contributed by atoms with Gasteiger partial charge in [-0.1, -0.05) is 25.1 Å². The first-order valence-electron chi connectivity index (χ1n) is 8.64. The van der Waals surface area contributed by atoms with Crippen LogP contribution in [0.1, 0.15) is 32.1 Å². The van der Waals surface area contributed by atoms with E-state index in [0.29, 0.717) is 16.7 Å². The summed E-state index contributed by atoms with van der Waals surface area (Å²) in [7, 11) is 1.62. The van der Waals surface area contributed by atoms with Crippen molar-refractivity contribution in [1.82, 2.24) is 24.3 Å². The van der Waals surface area contributed by atoms with Crippen LogP contribution >= 0.6 is 11.8 Å². The first-order valence-corrected chi connectivity index (χ1v) is 9.63. The number of alkyl halides is 2. The molecule has 6 nitrogen and oxygen atoms in total. The molecule has 3 aromatic rings. The van der Waals surface area contributed by atoms with Gasteiger partial charge in [0.15, 0.2) is 11.0 Å². The number of hydrogen-bond donors (Lipinski definition) is 0. The second-order valence-corrected chi connectivity index (χ2v) is 6.80. The van der Waals surface area contributed by atoms with Gasteiger partial charge in [-0.05, 0) is 30.7 Å². The van der Waals surface area contributed by atoms with Gasteiger partial charge in [0.05, 0.1) is 12.9 Å². The molecule has 0 spiro atoms. The van der Waals surface area contributed by atoms with E-state index in [2.05, 4.69) is 22.1 Å². The quantitative estimate of drug-likeness (QED) is 0.496. The van der Waals surface area contributed by atoms with Crippen LogP contribution in [0.3, 0.4) is 0 Å². The molecule has 0 saturated heterocycles. The van der Waals surface area contributed by atoms with E-state index in [4.69, 9.17) is 4.74 Å². The van der Waals surface area contributed by atoms with Crippen molar-refractivity contribution >= 4 is 11.8 Å². The molecular weight excluding hydrogens is 372 g/mol. The first-order chi connectivity index (χ1) is 13.1. The van der Waals surface area contributed by atoms with Gasteiger partial charge in [-0.15, -0.1) is 10.2 Å². The molecule has 0 bridgehead atoms. The highest BCUT2D eigenvalue weighted by Crippen LogP contribution is 2.28. The van der Waals surface area contributed by atoms with Crippen molar-refractivity contribution in [3.8, 4) is 17.1 Å². The molecule has 0 N–H and O–H groups in total. The van der Waals surface area contributed by atoms with Gasteiger partial charge < -0.3 is 9.30 Å². The fourth-order valence-electron chi connectivity index (χ4n) is 2.63. The van der Waals surface area contributed by atoms with Gasteiger partial charge >= 0.3 is 6.55 Å². The Hall–Kier alpha value is -2.42. The van der Waals surface area contributed by atoms with Crippen LogP contribution in [0.15, 0.2) is 41.8 Å². The van der Waals surface area contributed by atoms with Crippen molar-refractivity contribution < 1.29 is 13.5 Å². The Kier molecular flexibility index (Phi) is 6.44. The normalized spacial score (nSPS) is 11.3. The third kappa shape index (κ3) is 4.47. The molecule has 9 heteroatoms. The van der Waals surface area contributed by atoms with Gasteiger partial charge in [0.2, 0.25) is 0 Å². The van der Waals surface area contributed by atoms with Crippen LogP contribution in [0.4, 0.5) is 8.78 Å². The average molecular weight is 393 g/mol. The lowest BCUT2D eigenvalue weighted by Gasteiger charge is -2.10. The van der Waals surface area contributed by atoms with Gasteiger partial charge in [0.1, 0.15) is 11.6 Å². The number of halogens is 2. The lowest BCUT2D eigenvalue weighted by atomic mass is 10.2. The summed E-state index contributed by atoms with van der Waals surface area (Å²) in [5.74, 6) is 2.13. The Morgan fingerprint density at radius 3 is 2.63 bits per heavy atom. The fraction of sp³-hybridized carbons (Fsp3) is 0.389. The summed E-state index contributed by atoms with van der Waals surface area (Å²) in [6, 6.07) is 7.62. The molecule has 0 atom stereocenters. The summed E-state index contributed by atoms with van der Waals surface area (Å²) in [5.41, 5.74) is 0.931. The SMILES string of the molecule is CCCCn1c(SCc2nccn2C(F)F)nnc1-c1ccc(OC)cc1. The highest BCUT2D eigenvalue weighted by Gasteiger charge is 2.17. The molecule has 0 aliphatic rings. The molecule has 144 valence electrons. The number of aromatic nitrogens is 5. The molecule has 0 aliphatic heterocycles. The number of ether oxygens (including phenoxy) is 1. The molecule has 0 aliphatic carbocycles. The highest BCUT2D eigenvalue weighted by atomic mass is 32.2. The Morgan fingerprint density at radius 2 is 1.96 bits per heavy atom. The van der Waals surface area contributed by atoms with Crippen molar-refractivity contribution in [3.63, 3.8) is 0 Å². The predicted molar refractivity (Wildman–Crippen MR) is 100.0 cm³/mol. The monoisotopic (exact) mass is 393 g/mol. The molecular formula is C18H21F2N5OS. The summed E-state index contributed by atoms with van der Waals surface area (Å²) in [6.45, 7) is 0.274. The molecule has 1 aromatic carbocycles. The van der Waals surface area contributed by atoms with E-state index in [-0.39, 0.29) is 0 Å². The maximum absolute atomic E-state index is 13.0. The predicted octanol–water partition coefficient (Wildman–Crippen LogP) is 4.64. The van der Waals surface area contributed by atoms with Crippen LogP contribution in [0.25, 0.3) is 11.4 Å². The molecule has 0 unspecified atom stereocenters. The molecule has 27 heavy (non-hydrogen) atoms. The number of imidazole rings is 1. The Balaban J connectivity index is 1.84. The third-order valence-electron chi connectivity index (χ3n) is 4.09. The van der Waals surface area contributed by atoms with Crippen molar-refractivity contribution in [1.29, 1.82) is 0 Å². The number of hydrogen-bond acceptors (Lipinski definition) is 5. The molecule has 0 radical (unpaired) electrons. The zero-order valence-corrected chi connectivity index (χ0v) is 16.0. The van der Waals surface area contributed by atoms with E-state index in [1.165, 1.54) is 24.2 Å². The summed E-state index contributed by atoms with van der Waals surface area (Å²) in [6.07, 6.45) is 4.67. The molecule has 3 rings (SSSR count). The minimum Gasteiger partial charge on any atom is -0.497 e. The van der Waals surface area contributed by atoms with Gasteiger partial charge in [-0.25, -0.2) is 4.98 Å². The largest absolute Gasteiger partial charge is 0.497 e. The molecule has 2 aromatic heterocycles. The minimum atomic E-state index is -2.60. The van der Waals surface area contributed by atoms with E-state index in [1.807, 2.05) is 28.8 Å². The fourth-order valence-corrected chi connectivity index (χ4v) is 3.54. The summed E-state index contributed by atoms with van der Waals surface area (Å²) in [4.78, 5) is 4.02. The van der Waals surface area contributed by atoms with Crippen LogP contribution in [0, 0.1) is 0 Å². The minimum absolute atomic E-state index is 0.296. The molecule has 0 amide bonds. The number of methoxy groups -OCH3 is 1. The molecule has 0 saturated carbocycles. The van der Waals surface area contributed by atoms with Crippen molar-refractivity contribution in [2.45, 2.75) is 43.8 Å². The first kappa shape index (κ1) is 19.3. The lowest BCUT2D eigenvalue weighted by Crippen LogP contribution is -2.05. The zero-order chi connectivity index (χ0) is 19.2. The highest BCUT2D eigenvalue weighted by molar-refractivity contribution is 7.98. The van der Waals surface area contributed by atoms with Crippen molar-refractivity contribution in [2.75, 3.05) is 7.11 Å². The van der Waals surface area contributed by atoms with Crippen LogP contribution in [-0.4, -0.2) is 31.4 Å². The Labute approximate surface area is 160 Å². The second kappa shape index (κ2) is 8.98. The third-order valence-corrected chi connectivity index (χ3v) is 5.05. The number of unbranched alkanes of at least 4 members (excludes halogenated alkanes) is 1. The van der Waals surface area contributed by atoms with E-state index in [1.54, 1.807) is 7.11 Å². The topological polar surface area (TPSA) is 57.8 Å². The van der Waals surface area contributed by atoms with Crippen LogP contribution in [0.2, 0.25) is 0 Å². The van der Waals surface area contributed by atoms with E-state index >= 15 is 0 Å². The van der Waals surface area contributed by atoms with Crippen LogP contribution in [0.5, 0.6) is 5.75 Å². The maximum Gasteiger partial charge on any atom is 0.319 e. The van der Waals surface area contributed by atoms with Crippen LogP contribution < -0.4 is 4.74 Å². The van der Waals surface area contributed by atoms with E-state index in [9.17, 15) is 8.78 Å². The van der Waals surface area contributed by atoms with Gasteiger partial charge in [0.25, 0.3) is 0 Å². The van der Waals surface area contributed by atoms with Crippen molar-refractivity contribution in [2.24, 2.45) is 0 Å². The maximum atomic E-state index is 13.0. The van der Waals surface area contributed by atoms with Crippen LogP contribution in [-0.2, 0) is 12.3 Å². The smallest absolute Gasteiger partial charge is 0.319 e. The standard InChI is InChI=1S/C18H21F2N5OS/c1-3-4-10-25-16(13-5-7-14(26-2)8-6-13)22-23-18(25)27-12-15-21-9-11-24(15)17(19)20/h5-9,11,17H,3-4,10,12H2,1-2H3. The van der Waals surface area contributed by atoms with Crippen molar-refractivity contribution in [3.05, 3.63) is 42.5 Å². The number of nitrogens with zero attached hydrogens (tertiary/aromatic N) is 5. The lowest BCUT2D eigenvalue weighted by molar-refractivity contribution is 0.0678. The second-order valence-electron chi connectivity index (χ2n) is 5.86. The summed E-state index contributed by atoms with van der Waals surface area (Å²) in [5, 5.41) is 9.30. The molecule has 2 heterocycles. The Bertz CT molecular complexity index is 863. The zero-order valence-electron chi connectivity index (χ0n) is 15.2.